The van der Waals surface area contributed by atoms with Crippen LogP contribution in [0.1, 0.15) is 85.5 Å². The highest BCUT2D eigenvalue weighted by atomic mass is 16.5. The maximum absolute atomic E-state index is 10.2. The summed E-state index contributed by atoms with van der Waals surface area (Å²) >= 11 is 0. The van der Waals surface area contributed by atoms with Crippen molar-refractivity contribution in [3.63, 3.8) is 0 Å². The van der Waals surface area contributed by atoms with E-state index in [1.165, 1.54) is 43.4 Å². The van der Waals surface area contributed by atoms with Gasteiger partial charge in [0, 0.05) is 18.9 Å². The number of allylic oxidation sites excluding steroid dienone is 2. The lowest BCUT2D eigenvalue weighted by molar-refractivity contribution is -0.0454. The fourth-order valence-corrected chi connectivity index (χ4v) is 8.69. The lowest BCUT2D eigenvalue weighted by Gasteiger charge is -2.57. The maximum Gasteiger partial charge on any atom is 0.106 e. The van der Waals surface area contributed by atoms with Crippen molar-refractivity contribution in [2.45, 2.75) is 97.7 Å². The normalized spacial score (nSPS) is 48.3. The smallest absolute Gasteiger partial charge is 0.106 e. The minimum Gasteiger partial charge on any atom is -0.494 e. The Morgan fingerprint density at radius 1 is 1.20 bits per heavy atom. The molecule has 0 aromatic rings. The van der Waals surface area contributed by atoms with Gasteiger partial charge in [-0.25, -0.2) is 0 Å². The number of fused-ring (bicyclic) bond motifs is 7. The molecule has 4 aliphatic carbocycles. The molecule has 1 heterocycles. The zero-order valence-electron chi connectivity index (χ0n) is 19.5. The number of ether oxygens (including phenoxy) is 1. The van der Waals surface area contributed by atoms with Gasteiger partial charge >= 0.3 is 0 Å². The van der Waals surface area contributed by atoms with Crippen LogP contribution >= 0.6 is 0 Å². The van der Waals surface area contributed by atoms with E-state index in [0.717, 1.165) is 43.4 Å². The minimum absolute atomic E-state index is 0.117. The average molecular weight is 415 g/mol. The fourth-order valence-electron chi connectivity index (χ4n) is 8.69. The molecule has 0 radical (unpaired) electrons. The van der Waals surface area contributed by atoms with Crippen LogP contribution in [0, 0.1) is 40.4 Å². The predicted octanol–water partition coefficient (Wildman–Crippen LogP) is 5.62. The van der Waals surface area contributed by atoms with Crippen molar-refractivity contribution in [3.05, 3.63) is 23.0 Å². The topological polar surface area (TPSA) is 49.7 Å². The summed E-state index contributed by atoms with van der Waals surface area (Å²) in [4.78, 5) is 0. The SMILES string of the molecule is CC1=C(CC[C@H](C)CO)O[C@H]2C[C@H]3[C@@H]4CC=C5C[C@@H](O)CC[C@]5(C)[C@@H]4CC[C@]3(C)[C@@H]12. The van der Waals surface area contributed by atoms with E-state index in [2.05, 4.69) is 33.8 Å². The molecule has 0 saturated heterocycles. The first-order valence-corrected chi connectivity index (χ1v) is 12.6. The summed E-state index contributed by atoms with van der Waals surface area (Å²) < 4.78 is 6.62. The van der Waals surface area contributed by atoms with Crippen LogP contribution in [-0.4, -0.2) is 29.0 Å². The first-order valence-electron chi connectivity index (χ1n) is 12.6. The summed E-state index contributed by atoms with van der Waals surface area (Å²) in [6, 6.07) is 0. The van der Waals surface area contributed by atoms with E-state index >= 15 is 0 Å². The molecule has 3 nitrogen and oxygen atoms in total. The highest BCUT2D eigenvalue weighted by Gasteiger charge is 2.63. The molecule has 5 aliphatic rings. The van der Waals surface area contributed by atoms with E-state index < -0.39 is 0 Å². The molecule has 0 spiro atoms. The zero-order valence-corrected chi connectivity index (χ0v) is 19.5. The van der Waals surface area contributed by atoms with Gasteiger partial charge in [0.15, 0.2) is 0 Å². The van der Waals surface area contributed by atoms with Gasteiger partial charge in [-0.15, -0.1) is 0 Å². The summed E-state index contributed by atoms with van der Waals surface area (Å²) in [7, 11) is 0. The van der Waals surface area contributed by atoms with E-state index in [1.54, 1.807) is 5.57 Å². The van der Waals surface area contributed by atoms with E-state index in [4.69, 9.17) is 4.74 Å². The Labute approximate surface area is 183 Å². The molecule has 0 aromatic carbocycles. The van der Waals surface area contributed by atoms with Gasteiger partial charge in [0.2, 0.25) is 0 Å². The molecule has 2 N–H and O–H groups in total. The fraction of sp³-hybridized carbons (Fsp3) is 0.852. The minimum atomic E-state index is -0.117. The van der Waals surface area contributed by atoms with Crippen molar-refractivity contribution in [1.82, 2.24) is 0 Å². The molecule has 9 atom stereocenters. The Morgan fingerprint density at radius 2 is 2.00 bits per heavy atom. The van der Waals surface area contributed by atoms with Crippen LogP contribution in [0.4, 0.5) is 0 Å². The van der Waals surface area contributed by atoms with E-state index in [9.17, 15) is 10.2 Å². The number of hydrogen-bond donors (Lipinski definition) is 2. The molecule has 3 saturated carbocycles. The lowest BCUT2D eigenvalue weighted by Crippen LogP contribution is -2.50. The molecule has 0 bridgehead atoms. The summed E-state index contributed by atoms with van der Waals surface area (Å²) in [6.07, 6.45) is 13.0. The Bertz CT molecular complexity index is 753. The summed E-state index contributed by atoms with van der Waals surface area (Å²) in [5.74, 6) is 4.52. The van der Waals surface area contributed by atoms with Crippen molar-refractivity contribution in [1.29, 1.82) is 0 Å². The van der Waals surface area contributed by atoms with Gasteiger partial charge in [0.1, 0.15) is 6.10 Å². The molecular weight excluding hydrogens is 372 g/mol. The third kappa shape index (κ3) is 2.98. The molecule has 0 amide bonds. The third-order valence-electron chi connectivity index (χ3n) is 10.5. The monoisotopic (exact) mass is 414 g/mol. The Kier molecular flexibility index (Phi) is 5.18. The Morgan fingerprint density at radius 3 is 2.77 bits per heavy atom. The number of hydrogen-bond acceptors (Lipinski definition) is 3. The number of rotatable bonds is 4. The van der Waals surface area contributed by atoms with Gasteiger partial charge in [-0.2, -0.15) is 0 Å². The molecule has 30 heavy (non-hydrogen) atoms. The average Bonchev–Trinajstić information content (AvgIpc) is 3.20. The van der Waals surface area contributed by atoms with Crippen LogP contribution in [0.5, 0.6) is 0 Å². The highest BCUT2D eigenvalue weighted by molar-refractivity contribution is 5.30. The number of aliphatic hydroxyl groups excluding tert-OH is 2. The molecule has 3 fully saturated rings. The second kappa shape index (κ2) is 7.37. The molecule has 0 unspecified atom stereocenters. The molecular formula is C27H42O3. The number of aliphatic hydroxyl groups is 2. The van der Waals surface area contributed by atoms with Gasteiger partial charge in [-0.1, -0.05) is 32.4 Å². The van der Waals surface area contributed by atoms with Crippen molar-refractivity contribution < 1.29 is 14.9 Å². The standard InChI is InChI=1S/C27H42O3/c1-16(15-28)5-8-23-17(2)25-24(30-23)14-22-20-7-6-18-13-19(29)9-11-26(18,3)21(20)10-12-27(22,25)4/h6,16,19-22,24-25,28-29H,5,7-15H2,1-4H3/t16-,19-,20+,21+,22-,24-,25-,26-,27-/m0/s1. The van der Waals surface area contributed by atoms with Crippen molar-refractivity contribution in [2.24, 2.45) is 40.4 Å². The van der Waals surface area contributed by atoms with Crippen molar-refractivity contribution in [3.8, 4) is 0 Å². The summed E-state index contributed by atoms with van der Waals surface area (Å²) in [5.41, 5.74) is 3.78. The second-order valence-electron chi connectivity index (χ2n) is 12.0. The van der Waals surface area contributed by atoms with Crippen LogP contribution in [0.15, 0.2) is 23.0 Å². The molecule has 5 rings (SSSR count). The van der Waals surface area contributed by atoms with E-state index in [1.807, 2.05) is 0 Å². The van der Waals surface area contributed by atoms with Gasteiger partial charge < -0.3 is 14.9 Å². The first-order chi connectivity index (χ1) is 14.3. The van der Waals surface area contributed by atoms with Crippen molar-refractivity contribution >= 4 is 0 Å². The van der Waals surface area contributed by atoms with Crippen molar-refractivity contribution in [2.75, 3.05) is 6.61 Å². The van der Waals surface area contributed by atoms with Crippen LogP contribution in [-0.2, 0) is 4.74 Å². The maximum atomic E-state index is 10.2. The molecule has 0 aromatic heterocycles. The highest BCUT2D eigenvalue weighted by Crippen LogP contribution is 2.68. The molecule has 1 aliphatic heterocycles. The van der Waals surface area contributed by atoms with Gasteiger partial charge in [-0.3, -0.25) is 0 Å². The predicted molar refractivity (Wildman–Crippen MR) is 120 cm³/mol. The first kappa shape index (κ1) is 21.1. The van der Waals surface area contributed by atoms with Crippen LogP contribution in [0.2, 0.25) is 0 Å². The van der Waals surface area contributed by atoms with Crippen LogP contribution in [0.25, 0.3) is 0 Å². The van der Waals surface area contributed by atoms with Gasteiger partial charge in [0.25, 0.3) is 0 Å². The Balaban J connectivity index is 1.38. The molecule has 168 valence electrons. The van der Waals surface area contributed by atoms with Gasteiger partial charge in [0.05, 0.1) is 11.9 Å². The summed E-state index contributed by atoms with van der Waals surface area (Å²) in [6.45, 7) is 9.83. The lowest BCUT2D eigenvalue weighted by atomic mass is 9.47. The third-order valence-corrected chi connectivity index (χ3v) is 10.5. The Hall–Kier alpha value is -0.800. The summed E-state index contributed by atoms with van der Waals surface area (Å²) in [5, 5.41) is 19.6. The largest absolute Gasteiger partial charge is 0.494 e. The van der Waals surface area contributed by atoms with Crippen LogP contribution < -0.4 is 0 Å². The van der Waals surface area contributed by atoms with E-state index in [-0.39, 0.29) is 12.7 Å². The van der Waals surface area contributed by atoms with Crippen LogP contribution in [0.3, 0.4) is 0 Å². The van der Waals surface area contributed by atoms with E-state index in [0.29, 0.717) is 28.8 Å². The van der Waals surface area contributed by atoms with Gasteiger partial charge in [-0.05, 0) is 98.4 Å². The quantitative estimate of drug-likeness (QED) is 0.587. The molecule has 3 heteroatoms. The second-order valence-corrected chi connectivity index (χ2v) is 12.0. The zero-order chi connectivity index (χ0) is 21.3.